The Morgan fingerprint density at radius 3 is 2.78 bits per heavy atom. The molecule has 3 aromatic rings. The van der Waals surface area contributed by atoms with Crippen LogP contribution in [0.25, 0.3) is 22.2 Å². The summed E-state index contributed by atoms with van der Waals surface area (Å²) in [6.45, 7) is 3.12. The first kappa shape index (κ1) is 18.0. The number of aromatic amines is 1. The lowest BCUT2D eigenvalue weighted by Gasteiger charge is -2.35. The van der Waals surface area contributed by atoms with Gasteiger partial charge < -0.3 is 4.90 Å². The summed E-state index contributed by atoms with van der Waals surface area (Å²) in [4.78, 5) is 28.6. The summed E-state index contributed by atoms with van der Waals surface area (Å²) in [5.41, 5.74) is 2.27. The highest BCUT2D eigenvalue weighted by molar-refractivity contribution is 7.98. The Morgan fingerprint density at radius 1 is 1.22 bits per heavy atom. The fourth-order valence-electron chi connectivity index (χ4n) is 3.90. The molecule has 6 heteroatoms. The smallest absolute Gasteiger partial charge is 0.262 e. The molecular weight excluding hydrogens is 356 g/mol. The predicted octanol–water partition coefficient (Wildman–Crippen LogP) is 4.48. The topological polar surface area (TPSA) is 61.9 Å². The number of benzene rings is 1. The highest BCUT2D eigenvalue weighted by Gasteiger charge is 2.24. The van der Waals surface area contributed by atoms with Crippen molar-refractivity contribution in [3.63, 3.8) is 0 Å². The lowest BCUT2D eigenvalue weighted by Crippen LogP contribution is -2.41. The Bertz CT molecular complexity index is 999. The van der Waals surface area contributed by atoms with E-state index in [9.17, 15) is 4.79 Å². The summed E-state index contributed by atoms with van der Waals surface area (Å²) in [5.74, 6) is 0.654. The summed E-state index contributed by atoms with van der Waals surface area (Å²) >= 11 is 1.70. The Morgan fingerprint density at radius 2 is 2.04 bits per heavy atom. The molecule has 5 nitrogen and oxygen atoms in total. The van der Waals surface area contributed by atoms with Crippen molar-refractivity contribution < 1.29 is 0 Å². The minimum atomic E-state index is -0.118. The number of aromatic nitrogens is 3. The molecule has 1 N–H and O–H groups in total. The Labute approximate surface area is 163 Å². The molecule has 1 aliphatic heterocycles. The van der Waals surface area contributed by atoms with E-state index in [1.165, 1.54) is 11.3 Å². The molecule has 140 valence electrons. The number of thioether (sulfide) groups is 1. The minimum Gasteiger partial charge on any atom is -0.339 e. The van der Waals surface area contributed by atoms with Crippen LogP contribution in [0.1, 0.15) is 32.6 Å². The zero-order valence-electron chi connectivity index (χ0n) is 15.7. The van der Waals surface area contributed by atoms with Crippen molar-refractivity contribution in [2.45, 2.75) is 43.5 Å². The van der Waals surface area contributed by atoms with Crippen LogP contribution in [0.3, 0.4) is 0 Å². The monoisotopic (exact) mass is 380 g/mol. The van der Waals surface area contributed by atoms with E-state index in [-0.39, 0.29) is 5.56 Å². The van der Waals surface area contributed by atoms with Gasteiger partial charge in [-0.1, -0.05) is 19.1 Å². The van der Waals surface area contributed by atoms with Crippen LogP contribution in [-0.4, -0.2) is 33.8 Å². The molecule has 1 aliphatic rings. The van der Waals surface area contributed by atoms with Crippen LogP contribution < -0.4 is 10.5 Å². The third-order valence-corrected chi connectivity index (χ3v) is 6.11. The first-order chi connectivity index (χ1) is 13.2. The zero-order valence-corrected chi connectivity index (χ0v) is 16.6. The molecule has 0 radical (unpaired) electrons. The maximum atomic E-state index is 13.0. The van der Waals surface area contributed by atoms with Crippen LogP contribution in [0.15, 0.2) is 46.2 Å². The van der Waals surface area contributed by atoms with Crippen LogP contribution in [0.4, 0.5) is 5.95 Å². The summed E-state index contributed by atoms with van der Waals surface area (Å²) in [5, 5.41) is 0.559. The third kappa shape index (κ3) is 3.46. The van der Waals surface area contributed by atoms with Gasteiger partial charge in [-0.05, 0) is 61.3 Å². The number of rotatable bonds is 4. The van der Waals surface area contributed by atoms with E-state index in [1.54, 1.807) is 18.0 Å². The van der Waals surface area contributed by atoms with Crippen molar-refractivity contribution in [3.8, 4) is 11.1 Å². The van der Waals surface area contributed by atoms with Crippen molar-refractivity contribution in [2.24, 2.45) is 0 Å². The maximum Gasteiger partial charge on any atom is 0.262 e. The second kappa shape index (κ2) is 7.72. The third-order valence-electron chi connectivity index (χ3n) is 5.37. The van der Waals surface area contributed by atoms with Crippen LogP contribution >= 0.6 is 11.8 Å². The van der Waals surface area contributed by atoms with Gasteiger partial charge in [0.1, 0.15) is 0 Å². The average molecular weight is 381 g/mol. The number of anilines is 1. The molecule has 1 fully saturated rings. The molecule has 0 spiro atoms. The minimum absolute atomic E-state index is 0.118. The predicted molar refractivity (Wildman–Crippen MR) is 113 cm³/mol. The Balaban J connectivity index is 1.81. The van der Waals surface area contributed by atoms with Crippen LogP contribution in [0, 0.1) is 0 Å². The number of nitrogens with one attached hydrogen (secondary N) is 1. The van der Waals surface area contributed by atoms with E-state index in [4.69, 9.17) is 4.98 Å². The van der Waals surface area contributed by atoms with Crippen molar-refractivity contribution in [2.75, 3.05) is 17.7 Å². The van der Waals surface area contributed by atoms with Crippen LogP contribution in [0.2, 0.25) is 0 Å². The summed E-state index contributed by atoms with van der Waals surface area (Å²) in [6.07, 6.45) is 8.36. The second-order valence-corrected chi connectivity index (χ2v) is 7.81. The highest BCUT2D eigenvalue weighted by Crippen LogP contribution is 2.28. The quantitative estimate of drug-likeness (QED) is 0.677. The number of piperidine rings is 1. The summed E-state index contributed by atoms with van der Waals surface area (Å²) < 4.78 is 0. The molecule has 27 heavy (non-hydrogen) atoms. The molecule has 2 aromatic heterocycles. The molecule has 1 aromatic carbocycles. The van der Waals surface area contributed by atoms with Gasteiger partial charge in [-0.15, -0.1) is 11.8 Å². The molecule has 0 bridgehead atoms. The normalized spacial score (nSPS) is 17.4. The SMILES string of the molecule is CCC1CCCCN1c1nc2nccc(-c3ccc(SC)cc3)c2c(=O)[nH]1. The van der Waals surface area contributed by atoms with Crippen molar-refractivity contribution >= 4 is 28.7 Å². The van der Waals surface area contributed by atoms with E-state index in [1.807, 2.05) is 18.2 Å². The summed E-state index contributed by atoms with van der Waals surface area (Å²) in [7, 11) is 0. The Kier molecular flexibility index (Phi) is 5.16. The van der Waals surface area contributed by atoms with Crippen molar-refractivity contribution in [1.29, 1.82) is 0 Å². The maximum absolute atomic E-state index is 13.0. The first-order valence-electron chi connectivity index (χ1n) is 9.51. The number of nitrogens with zero attached hydrogens (tertiary/aromatic N) is 3. The van der Waals surface area contributed by atoms with Crippen LogP contribution in [0.5, 0.6) is 0 Å². The van der Waals surface area contributed by atoms with Gasteiger partial charge in [-0.2, -0.15) is 4.98 Å². The number of H-pyrrole nitrogens is 1. The number of fused-ring (bicyclic) bond motifs is 1. The molecule has 1 saturated heterocycles. The Hall–Kier alpha value is -2.34. The molecule has 0 saturated carbocycles. The van der Waals surface area contributed by atoms with Gasteiger partial charge in [-0.25, -0.2) is 4.98 Å². The fraction of sp³-hybridized carbons (Fsp3) is 0.381. The van der Waals surface area contributed by atoms with Gasteiger partial charge >= 0.3 is 0 Å². The molecule has 4 rings (SSSR count). The van der Waals surface area contributed by atoms with E-state index in [2.05, 4.69) is 40.2 Å². The van der Waals surface area contributed by atoms with E-state index in [0.717, 1.165) is 36.9 Å². The molecule has 0 aliphatic carbocycles. The average Bonchev–Trinajstić information content (AvgIpc) is 2.73. The summed E-state index contributed by atoms with van der Waals surface area (Å²) in [6, 6.07) is 10.6. The van der Waals surface area contributed by atoms with Gasteiger partial charge in [-0.3, -0.25) is 9.78 Å². The van der Waals surface area contributed by atoms with Gasteiger partial charge in [0.25, 0.3) is 5.56 Å². The van der Waals surface area contributed by atoms with Gasteiger partial charge in [0.05, 0.1) is 5.39 Å². The lowest BCUT2D eigenvalue weighted by atomic mass is 10.0. The molecule has 1 unspecified atom stereocenters. The molecular formula is C21H24N4OS. The highest BCUT2D eigenvalue weighted by atomic mass is 32.2. The van der Waals surface area contributed by atoms with Gasteiger partial charge in [0.2, 0.25) is 5.95 Å². The molecule has 1 atom stereocenters. The molecule has 3 heterocycles. The lowest BCUT2D eigenvalue weighted by molar-refractivity contribution is 0.443. The number of pyridine rings is 1. The first-order valence-corrected chi connectivity index (χ1v) is 10.7. The number of hydrogen-bond donors (Lipinski definition) is 1. The van der Waals surface area contributed by atoms with E-state index < -0.39 is 0 Å². The number of hydrogen-bond acceptors (Lipinski definition) is 5. The van der Waals surface area contributed by atoms with E-state index >= 15 is 0 Å². The van der Waals surface area contributed by atoms with Gasteiger partial charge in [0, 0.05) is 23.7 Å². The molecule has 0 amide bonds. The second-order valence-electron chi connectivity index (χ2n) is 6.93. The van der Waals surface area contributed by atoms with Crippen LogP contribution in [-0.2, 0) is 0 Å². The van der Waals surface area contributed by atoms with Gasteiger partial charge in [0.15, 0.2) is 5.65 Å². The van der Waals surface area contributed by atoms with Crippen molar-refractivity contribution in [1.82, 2.24) is 15.0 Å². The van der Waals surface area contributed by atoms with Crippen molar-refractivity contribution in [3.05, 3.63) is 46.9 Å². The zero-order chi connectivity index (χ0) is 18.8. The standard InChI is InChI=1S/C21H24N4OS/c1-3-15-6-4-5-13-25(15)21-23-19-18(20(26)24-21)17(11-12-22-19)14-7-9-16(27-2)10-8-14/h7-12,15H,3-6,13H2,1-2H3,(H,22,23,24,26). The largest absolute Gasteiger partial charge is 0.339 e. The fourth-order valence-corrected chi connectivity index (χ4v) is 4.31. The van der Waals surface area contributed by atoms with E-state index in [0.29, 0.717) is 23.0 Å².